The number of nitrogens with zero attached hydrogens (tertiary/aromatic N) is 3. The maximum absolute atomic E-state index is 12.7. The predicted octanol–water partition coefficient (Wildman–Crippen LogP) is 4.36. The lowest BCUT2D eigenvalue weighted by Gasteiger charge is -2.20. The molecule has 0 spiro atoms. The van der Waals surface area contributed by atoms with E-state index in [9.17, 15) is 20.2 Å². The van der Waals surface area contributed by atoms with Crippen LogP contribution in [0.3, 0.4) is 0 Å². The van der Waals surface area contributed by atoms with Gasteiger partial charge in [-0.2, -0.15) is 5.26 Å². The molecule has 2 aromatic carbocycles. The molecule has 0 bridgehead atoms. The molecule has 1 fully saturated rings. The van der Waals surface area contributed by atoms with Gasteiger partial charge in [0, 0.05) is 42.2 Å². The van der Waals surface area contributed by atoms with Gasteiger partial charge < -0.3 is 10.2 Å². The standard InChI is InChI=1S/C22H22N4O3/c1-15-6-5-7-20(16(15)2)24-22(27)18(14-23)12-17-13-19(26(28)29)8-9-21(17)25-10-3-4-11-25/h5-9,12-13H,3-4,10-11H2,1-2H3,(H,24,27)/b18-12+. The first-order valence-corrected chi connectivity index (χ1v) is 9.43. The van der Waals surface area contributed by atoms with E-state index in [-0.39, 0.29) is 11.3 Å². The number of nitriles is 1. The lowest BCUT2D eigenvalue weighted by atomic mass is 10.1. The Labute approximate surface area is 169 Å². The number of nitro groups is 1. The van der Waals surface area contributed by atoms with Crippen LogP contribution < -0.4 is 10.2 Å². The van der Waals surface area contributed by atoms with Gasteiger partial charge >= 0.3 is 0 Å². The second-order valence-electron chi connectivity index (χ2n) is 7.07. The molecule has 0 atom stereocenters. The van der Waals surface area contributed by atoms with Crippen LogP contribution in [0.15, 0.2) is 42.0 Å². The second-order valence-corrected chi connectivity index (χ2v) is 7.07. The number of rotatable bonds is 5. The van der Waals surface area contributed by atoms with Gasteiger partial charge in [-0.1, -0.05) is 12.1 Å². The van der Waals surface area contributed by atoms with Gasteiger partial charge in [0.1, 0.15) is 11.6 Å². The lowest BCUT2D eigenvalue weighted by Crippen LogP contribution is -2.19. The number of carbonyl (C=O) groups is 1. The molecule has 0 radical (unpaired) electrons. The molecule has 7 heteroatoms. The molecule has 0 aromatic heterocycles. The first-order chi connectivity index (χ1) is 13.9. The second kappa shape index (κ2) is 8.57. The van der Waals surface area contributed by atoms with E-state index in [4.69, 9.17) is 0 Å². The maximum Gasteiger partial charge on any atom is 0.270 e. The van der Waals surface area contributed by atoms with Crippen molar-refractivity contribution in [3.63, 3.8) is 0 Å². The van der Waals surface area contributed by atoms with Crippen molar-refractivity contribution in [3.05, 3.63) is 68.8 Å². The zero-order valence-electron chi connectivity index (χ0n) is 16.4. The Morgan fingerprint density at radius 2 is 1.97 bits per heavy atom. The Bertz CT molecular complexity index is 1030. The van der Waals surface area contributed by atoms with E-state index in [0.29, 0.717) is 11.3 Å². The Morgan fingerprint density at radius 1 is 1.24 bits per heavy atom. The summed E-state index contributed by atoms with van der Waals surface area (Å²) in [5.74, 6) is -0.542. The monoisotopic (exact) mass is 390 g/mol. The SMILES string of the molecule is Cc1cccc(NC(=O)/C(C#N)=C/c2cc([N+](=O)[O-])ccc2N2CCCC2)c1C. The molecular weight excluding hydrogens is 368 g/mol. The summed E-state index contributed by atoms with van der Waals surface area (Å²) in [7, 11) is 0. The summed E-state index contributed by atoms with van der Waals surface area (Å²) in [5, 5.41) is 23.6. The molecule has 7 nitrogen and oxygen atoms in total. The fraction of sp³-hybridized carbons (Fsp3) is 0.273. The molecule has 3 rings (SSSR count). The summed E-state index contributed by atoms with van der Waals surface area (Å²) in [6.07, 6.45) is 3.51. The highest BCUT2D eigenvalue weighted by molar-refractivity contribution is 6.10. The van der Waals surface area contributed by atoms with E-state index in [0.717, 1.165) is 42.7 Å². The minimum absolute atomic E-state index is 0.0774. The number of carbonyl (C=O) groups excluding carboxylic acids is 1. The van der Waals surface area contributed by atoms with Crippen LogP contribution in [0.1, 0.15) is 29.5 Å². The quantitative estimate of drug-likeness (QED) is 0.354. The zero-order chi connectivity index (χ0) is 21.0. The summed E-state index contributed by atoms with van der Waals surface area (Å²) >= 11 is 0. The summed E-state index contributed by atoms with van der Waals surface area (Å²) in [4.78, 5) is 25.6. The minimum Gasteiger partial charge on any atom is -0.371 e. The van der Waals surface area contributed by atoms with E-state index < -0.39 is 10.8 Å². The third kappa shape index (κ3) is 4.43. The van der Waals surface area contributed by atoms with Gasteiger partial charge in [-0.25, -0.2) is 0 Å². The summed E-state index contributed by atoms with van der Waals surface area (Å²) in [6, 6.07) is 12.0. The van der Waals surface area contributed by atoms with Crippen molar-refractivity contribution in [3.8, 4) is 6.07 Å². The van der Waals surface area contributed by atoms with Crippen LogP contribution in [-0.4, -0.2) is 23.9 Å². The number of benzene rings is 2. The Balaban J connectivity index is 1.98. The molecule has 2 aromatic rings. The van der Waals surface area contributed by atoms with Crippen LogP contribution in [0.4, 0.5) is 17.1 Å². The maximum atomic E-state index is 12.7. The molecule has 148 valence electrons. The molecule has 1 N–H and O–H groups in total. The number of hydrogen-bond donors (Lipinski definition) is 1. The number of nitro benzene ring substituents is 1. The van der Waals surface area contributed by atoms with E-state index in [2.05, 4.69) is 10.2 Å². The summed E-state index contributed by atoms with van der Waals surface area (Å²) < 4.78 is 0. The largest absolute Gasteiger partial charge is 0.371 e. The molecule has 1 aliphatic rings. The van der Waals surface area contributed by atoms with Crippen LogP contribution >= 0.6 is 0 Å². The van der Waals surface area contributed by atoms with Crippen molar-refractivity contribution in [1.82, 2.24) is 0 Å². The van der Waals surface area contributed by atoms with Crippen LogP contribution in [0.2, 0.25) is 0 Å². The smallest absolute Gasteiger partial charge is 0.270 e. The van der Waals surface area contributed by atoms with Crippen LogP contribution in [0, 0.1) is 35.3 Å². The topological polar surface area (TPSA) is 99.3 Å². The van der Waals surface area contributed by atoms with Crippen molar-refractivity contribution < 1.29 is 9.72 Å². The van der Waals surface area contributed by atoms with E-state index in [1.165, 1.54) is 18.2 Å². The normalized spacial score (nSPS) is 13.8. The lowest BCUT2D eigenvalue weighted by molar-refractivity contribution is -0.384. The van der Waals surface area contributed by atoms with Crippen LogP contribution in [0.5, 0.6) is 0 Å². The third-order valence-electron chi connectivity index (χ3n) is 5.19. The minimum atomic E-state index is -0.542. The number of nitrogens with one attached hydrogen (secondary N) is 1. The van der Waals surface area contributed by atoms with Gasteiger partial charge in [0.05, 0.1) is 4.92 Å². The van der Waals surface area contributed by atoms with Crippen molar-refractivity contribution >= 4 is 29.0 Å². The Hall–Kier alpha value is -3.66. The number of anilines is 2. The molecule has 1 amide bonds. The van der Waals surface area contributed by atoms with Crippen LogP contribution in [0.25, 0.3) is 6.08 Å². The highest BCUT2D eigenvalue weighted by atomic mass is 16.6. The fourth-order valence-corrected chi connectivity index (χ4v) is 3.40. The Morgan fingerprint density at radius 3 is 2.62 bits per heavy atom. The van der Waals surface area contributed by atoms with E-state index in [1.807, 2.05) is 32.0 Å². The zero-order valence-corrected chi connectivity index (χ0v) is 16.4. The van der Waals surface area contributed by atoms with Crippen molar-refractivity contribution in [2.75, 3.05) is 23.3 Å². The van der Waals surface area contributed by atoms with Crippen molar-refractivity contribution in [2.24, 2.45) is 0 Å². The van der Waals surface area contributed by atoms with Crippen LogP contribution in [-0.2, 0) is 4.79 Å². The van der Waals surface area contributed by atoms with E-state index in [1.54, 1.807) is 12.1 Å². The van der Waals surface area contributed by atoms with E-state index >= 15 is 0 Å². The Kier molecular flexibility index (Phi) is 5.93. The molecule has 0 unspecified atom stereocenters. The van der Waals surface area contributed by atoms with Gasteiger partial charge in [0.25, 0.3) is 11.6 Å². The molecule has 0 aliphatic carbocycles. The van der Waals surface area contributed by atoms with Gasteiger partial charge in [0.2, 0.25) is 0 Å². The molecule has 0 saturated carbocycles. The van der Waals surface area contributed by atoms with Crippen molar-refractivity contribution in [2.45, 2.75) is 26.7 Å². The summed E-state index contributed by atoms with van der Waals surface area (Å²) in [5.41, 5.74) is 3.69. The first kappa shape index (κ1) is 20.1. The van der Waals surface area contributed by atoms with Gasteiger partial charge in [-0.15, -0.1) is 0 Å². The first-order valence-electron chi connectivity index (χ1n) is 9.43. The number of aryl methyl sites for hydroxylation is 1. The number of hydrogen-bond acceptors (Lipinski definition) is 5. The predicted molar refractivity (Wildman–Crippen MR) is 113 cm³/mol. The average Bonchev–Trinajstić information content (AvgIpc) is 3.23. The average molecular weight is 390 g/mol. The number of non-ortho nitro benzene ring substituents is 1. The van der Waals surface area contributed by atoms with Gasteiger partial charge in [-0.3, -0.25) is 14.9 Å². The number of amides is 1. The van der Waals surface area contributed by atoms with Gasteiger partial charge in [-0.05, 0) is 56.0 Å². The molecule has 1 saturated heterocycles. The fourth-order valence-electron chi connectivity index (χ4n) is 3.40. The molecule has 1 heterocycles. The van der Waals surface area contributed by atoms with Crippen molar-refractivity contribution in [1.29, 1.82) is 5.26 Å². The molecular formula is C22H22N4O3. The highest BCUT2D eigenvalue weighted by Gasteiger charge is 2.19. The summed E-state index contributed by atoms with van der Waals surface area (Å²) in [6.45, 7) is 5.52. The van der Waals surface area contributed by atoms with Gasteiger partial charge in [0.15, 0.2) is 0 Å². The molecule has 1 aliphatic heterocycles. The highest BCUT2D eigenvalue weighted by Crippen LogP contribution is 2.30. The third-order valence-corrected chi connectivity index (χ3v) is 5.19. The molecule has 29 heavy (non-hydrogen) atoms.